The molecular formula is C25H22N4O2. The van der Waals surface area contributed by atoms with Crippen LogP contribution in [-0.2, 0) is 4.79 Å². The summed E-state index contributed by atoms with van der Waals surface area (Å²) in [6.45, 7) is 4.36. The fraction of sp³-hybridized carbons (Fsp3) is 0.160. The Labute approximate surface area is 180 Å². The largest absolute Gasteiger partial charge is 0.457 e. The molecule has 4 aromatic rings. The van der Waals surface area contributed by atoms with Gasteiger partial charge in [0.15, 0.2) is 0 Å². The molecule has 0 spiro atoms. The van der Waals surface area contributed by atoms with Crippen LogP contribution in [0.3, 0.4) is 0 Å². The minimum atomic E-state index is -0.0742. The molecule has 0 saturated carbocycles. The predicted molar refractivity (Wildman–Crippen MR) is 119 cm³/mol. The Morgan fingerprint density at radius 1 is 1.10 bits per heavy atom. The molecule has 2 aromatic heterocycles. The summed E-state index contributed by atoms with van der Waals surface area (Å²) in [4.78, 5) is 23.5. The molecule has 154 valence electrons. The number of carbonyl (C=O) groups is 1. The van der Waals surface area contributed by atoms with Crippen LogP contribution in [0.1, 0.15) is 24.7 Å². The molecule has 1 unspecified atom stereocenters. The maximum absolute atomic E-state index is 12.3. The third-order valence-electron chi connectivity index (χ3n) is 5.59. The van der Waals surface area contributed by atoms with E-state index in [-0.39, 0.29) is 11.9 Å². The lowest BCUT2D eigenvalue weighted by atomic mass is 10.1. The van der Waals surface area contributed by atoms with Gasteiger partial charge in [0.05, 0.1) is 23.4 Å². The second-order valence-corrected chi connectivity index (χ2v) is 7.48. The van der Waals surface area contributed by atoms with E-state index in [1.54, 1.807) is 6.20 Å². The summed E-state index contributed by atoms with van der Waals surface area (Å²) >= 11 is 0. The lowest BCUT2D eigenvalue weighted by Crippen LogP contribution is -2.29. The normalized spacial score (nSPS) is 15.9. The van der Waals surface area contributed by atoms with Crippen LogP contribution in [0.2, 0.25) is 0 Å². The molecule has 1 amide bonds. The fourth-order valence-electron chi connectivity index (χ4n) is 4.13. The van der Waals surface area contributed by atoms with Crippen LogP contribution >= 0.6 is 0 Å². The van der Waals surface area contributed by atoms with Crippen LogP contribution in [0.5, 0.6) is 11.5 Å². The molecule has 0 aliphatic carbocycles. The second-order valence-electron chi connectivity index (χ2n) is 7.48. The number of carbonyl (C=O) groups excluding carboxylic acids is 1. The van der Waals surface area contributed by atoms with Crippen LogP contribution in [0, 0.1) is 0 Å². The van der Waals surface area contributed by atoms with Gasteiger partial charge in [-0.05, 0) is 55.3 Å². The van der Waals surface area contributed by atoms with E-state index in [0.29, 0.717) is 0 Å². The first-order valence-electron chi connectivity index (χ1n) is 10.3. The molecule has 1 fully saturated rings. The molecule has 1 atom stereocenters. The topological polar surface area (TPSA) is 59.7 Å². The Hall–Kier alpha value is -3.93. The molecule has 1 aliphatic heterocycles. The molecule has 0 radical (unpaired) electrons. The van der Waals surface area contributed by atoms with Crippen molar-refractivity contribution in [1.82, 2.24) is 19.3 Å². The highest BCUT2D eigenvalue weighted by atomic mass is 16.5. The standard InChI is InChI=1S/C25H22N4O2/c1-2-23(30)28-15-6-9-21(28)25-27-24(22-17-26-14-16-29(22)25)18-10-12-20(13-11-18)31-19-7-4-3-5-8-19/h2-5,7-8,10-14,16-17,21H,1,6,9,15H2. The first kappa shape index (κ1) is 19.1. The first-order chi connectivity index (χ1) is 15.2. The van der Waals surface area contributed by atoms with E-state index in [4.69, 9.17) is 9.72 Å². The zero-order chi connectivity index (χ0) is 21.2. The van der Waals surface area contributed by atoms with Crippen LogP contribution in [0.15, 0.2) is 85.8 Å². The number of fused-ring (bicyclic) bond motifs is 1. The number of nitrogens with zero attached hydrogens (tertiary/aromatic N) is 4. The van der Waals surface area contributed by atoms with E-state index in [1.807, 2.05) is 76.3 Å². The molecule has 6 nitrogen and oxygen atoms in total. The minimum Gasteiger partial charge on any atom is -0.457 e. The highest BCUT2D eigenvalue weighted by Crippen LogP contribution is 2.35. The monoisotopic (exact) mass is 410 g/mol. The van der Waals surface area contributed by atoms with E-state index in [0.717, 1.165) is 53.5 Å². The van der Waals surface area contributed by atoms with Crippen molar-refractivity contribution in [3.05, 3.63) is 91.7 Å². The lowest BCUT2D eigenvalue weighted by molar-refractivity contribution is -0.127. The maximum atomic E-state index is 12.3. The Kier molecular flexibility index (Phi) is 4.96. The fourth-order valence-corrected chi connectivity index (χ4v) is 4.13. The van der Waals surface area contributed by atoms with E-state index in [2.05, 4.69) is 11.6 Å². The van der Waals surface area contributed by atoms with Gasteiger partial charge in [0, 0.05) is 24.5 Å². The number of likely N-dealkylation sites (tertiary alicyclic amines) is 1. The second kappa shape index (κ2) is 8.07. The van der Waals surface area contributed by atoms with Crippen molar-refractivity contribution in [3.63, 3.8) is 0 Å². The van der Waals surface area contributed by atoms with Gasteiger partial charge in [0.2, 0.25) is 5.91 Å². The van der Waals surface area contributed by atoms with E-state index < -0.39 is 0 Å². The zero-order valence-electron chi connectivity index (χ0n) is 17.0. The Bertz CT molecular complexity index is 1230. The minimum absolute atomic E-state index is 0.0581. The number of benzene rings is 2. The van der Waals surface area contributed by atoms with Crippen LogP contribution < -0.4 is 4.74 Å². The predicted octanol–water partition coefficient (Wildman–Crippen LogP) is 5.04. The van der Waals surface area contributed by atoms with Gasteiger partial charge in [-0.3, -0.25) is 14.2 Å². The van der Waals surface area contributed by atoms with Crippen molar-refractivity contribution in [1.29, 1.82) is 0 Å². The quantitative estimate of drug-likeness (QED) is 0.433. The molecule has 31 heavy (non-hydrogen) atoms. The van der Waals surface area contributed by atoms with Gasteiger partial charge in [0.25, 0.3) is 0 Å². The average Bonchev–Trinajstić information content (AvgIpc) is 3.45. The number of hydrogen-bond acceptors (Lipinski definition) is 4. The summed E-state index contributed by atoms with van der Waals surface area (Å²) in [5.41, 5.74) is 2.72. The van der Waals surface area contributed by atoms with Crippen molar-refractivity contribution in [2.24, 2.45) is 0 Å². The Morgan fingerprint density at radius 2 is 1.87 bits per heavy atom. The van der Waals surface area contributed by atoms with Gasteiger partial charge in [-0.25, -0.2) is 4.98 Å². The van der Waals surface area contributed by atoms with Crippen LogP contribution in [-0.4, -0.2) is 31.7 Å². The summed E-state index contributed by atoms with van der Waals surface area (Å²) in [6, 6.07) is 17.5. The molecule has 5 rings (SSSR count). The molecule has 0 N–H and O–H groups in total. The highest BCUT2D eigenvalue weighted by molar-refractivity contribution is 5.87. The van der Waals surface area contributed by atoms with Gasteiger partial charge < -0.3 is 9.64 Å². The van der Waals surface area contributed by atoms with E-state index in [1.165, 1.54) is 6.08 Å². The number of ether oxygens (including phenoxy) is 1. The number of aromatic nitrogens is 3. The van der Waals surface area contributed by atoms with Crippen molar-refractivity contribution in [3.8, 4) is 22.8 Å². The zero-order valence-corrected chi connectivity index (χ0v) is 17.0. The molecule has 2 aromatic carbocycles. The highest BCUT2D eigenvalue weighted by Gasteiger charge is 2.32. The van der Waals surface area contributed by atoms with Crippen molar-refractivity contribution in [2.45, 2.75) is 18.9 Å². The Morgan fingerprint density at radius 3 is 2.65 bits per heavy atom. The summed E-state index contributed by atoms with van der Waals surface area (Å²) < 4.78 is 7.94. The van der Waals surface area contributed by atoms with Gasteiger partial charge in [-0.2, -0.15) is 0 Å². The van der Waals surface area contributed by atoms with Crippen molar-refractivity contribution in [2.75, 3.05) is 6.54 Å². The number of rotatable bonds is 5. The van der Waals surface area contributed by atoms with E-state index in [9.17, 15) is 4.79 Å². The van der Waals surface area contributed by atoms with Crippen molar-refractivity contribution >= 4 is 11.4 Å². The van der Waals surface area contributed by atoms with Gasteiger partial charge in [-0.1, -0.05) is 24.8 Å². The van der Waals surface area contributed by atoms with Crippen LogP contribution in [0.25, 0.3) is 16.8 Å². The summed E-state index contributed by atoms with van der Waals surface area (Å²) in [5.74, 6) is 2.35. The third kappa shape index (κ3) is 3.57. The lowest BCUT2D eigenvalue weighted by Gasteiger charge is -2.22. The van der Waals surface area contributed by atoms with Gasteiger partial charge in [-0.15, -0.1) is 0 Å². The molecule has 6 heteroatoms. The van der Waals surface area contributed by atoms with Gasteiger partial charge >= 0.3 is 0 Å². The number of amides is 1. The number of hydrogen-bond donors (Lipinski definition) is 0. The third-order valence-corrected chi connectivity index (χ3v) is 5.59. The molecular weight excluding hydrogens is 388 g/mol. The number of para-hydroxylation sites is 1. The summed E-state index contributed by atoms with van der Waals surface area (Å²) in [7, 11) is 0. The molecule has 3 heterocycles. The molecule has 1 saturated heterocycles. The van der Waals surface area contributed by atoms with E-state index >= 15 is 0 Å². The first-order valence-corrected chi connectivity index (χ1v) is 10.3. The number of imidazole rings is 1. The average molecular weight is 410 g/mol. The Balaban J connectivity index is 1.51. The summed E-state index contributed by atoms with van der Waals surface area (Å²) in [6.07, 6.45) is 8.67. The molecule has 1 aliphatic rings. The smallest absolute Gasteiger partial charge is 0.246 e. The van der Waals surface area contributed by atoms with Crippen LogP contribution in [0.4, 0.5) is 0 Å². The van der Waals surface area contributed by atoms with Crippen molar-refractivity contribution < 1.29 is 9.53 Å². The summed E-state index contributed by atoms with van der Waals surface area (Å²) in [5, 5.41) is 0. The molecule has 0 bridgehead atoms. The van der Waals surface area contributed by atoms with Gasteiger partial charge in [0.1, 0.15) is 17.3 Å². The SMILES string of the molecule is C=CC(=O)N1CCCC1c1nc(-c2ccc(Oc3ccccc3)cc2)c2cnccn12. The maximum Gasteiger partial charge on any atom is 0.246 e.